The predicted octanol–water partition coefficient (Wildman–Crippen LogP) is 2.74. The van der Waals surface area contributed by atoms with Gasteiger partial charge < -0.3 is 15.4 Å². The highest BCUT2D eigenvalue weighted by atomic mass is 16.6. The summed E-state index contributed by atoms with van der Waals surface area (Å²) in [5.41, 5.74) is 0.225. The summed E-state index contributed by atoms with van der Waals surface area (Å²) in [6.07, 6.45) is 4.25. The molecular weight excluding hydrogens is 324 g/mol. The molecule has 0 aliphatic rings. The largest absolute Gasteiger partial charge is 0.390 e. The van der Waals surface area contributed by atoms with Crippen LogP contribution in [0.1, 0.15) is 26.2 Å². The molecule has 0 radical (unpaired) electrons. The first-order valence-corrected chi connectivity index (χ1v) is 8.05. The summed E-state index contributed by atoms with van der Waals surface area (Å²) in [5, 5.41) is 25.1. The average Bonchev–Trinajstić information content (AvgIpc) is 2.61. The number of nitrogens with zero attached hydrogens (tertiary/aromatic N) is 2. The van der Waals surface area contributed by atoms with Crippen molar-refractivity contribution in [2.24, 2.45) is 0 Å². The molecule has 0 saturated heterocycles. The number of benzene rings is 1. The summed E-state index contributed by atoms with van der Waals surface area (Å²) in [4.78, 5) is 22.1. The fourth-order valence-electron chi connectivity index (χ4n) is 1.81. The number of nitrogens with one attached hydrogen (secondary N) is 2. The van der Waals surface area contributed by atoms with Crippen LogP contribution >= 0.6 is 0 Å². The molecule has 0 fully saturated rings. The molecule has 2 N–H and O–H groups in total. The van der Waals surface area contributed by atoms with Crippen molar-refractivity contribution in [2.75, 3.05) is 25.1 Å². The van der Waals surface area contributed by atoms with Crippen molar-refractivity contribution >= 4 is 17.3 Å². The maximum atomic E-state index is 12.0. The van der Waals surface area contributed by atoms with Crippen LogP contribution in [0.2, 0.25) is 0 Å². The number of hydrogen-bond acceptors (Lipinski definition) is 6. The van der Waals surface area contributed by atoms with Crippen molar-refractivity contribution in [3.8, 4) is 6.07 Å². The number of hydrogen-bond donors (Lipinski definition) is 2. The van der Waals surface area contributed by atoms with Gasteiger partial charge in [-0.3, -0.25) is 14.9 Å². The van der Waals surface area contributed by atoms with Crippen molar-refractivity contribution in [3.05, 3.63) is 46.2 Å². The maximum Gasteiger partial charge on any atom is 0.269 e. The first-order chi connectivity index (χ1) is 12.1. The van der Waals surface area contributed by atoms with E-state index in [1.54, 1.807) is 0 Å². The van der Waals surface area contributed by atoms with E-state index in [0.717, 1.165) is 25.9 Å². The Hall–Kier alpha value is -2.92. The van der Waals surface area contributed by atoms with E-state index in [0.29, 0.717) is 18.8 Å². The van der Waals surface area contributed by atoms with Crippen molar-refractivity contribution < 1.29 is 14.5 Å². The molecule has 0 bridgehead atoms. The quantitative estimate of drug-likeness (QED) is 0.209. The molecule has 25 heavy (non-hydrogen) atoms. The number of amides is 1. The van der Waals surface area contributed by atoms with Crippen molar-refractivity contribution in [2.45, 2.75) is 26.2 Å². The summed E-state index contributed by atoms with van der Waals surface area (Å²) in [5.74, 6) is -0.581. The molecule has 1 amide bonds. The number of ether oxygens (including phenoxy) is 1. The number of anilines is 1. The molecule has 0 aliphatic heterocycles. The summed E-state index contributed by atoms with van der Waals surface area (Å²) in [7, 11) is 0. The number of nitriles is 1. The molecule has 0 heterocycles. The second-order valence-corrected chi connectivity index (χ2v) is 5.20. The van der Waals surface area contributed by atoms with Gasteiger partial charge in [-0.15, -0.1) is 0 Å². The molecule has 0 aliphatic carbocycles. The highest BCUT2D eigenvalue weighted by Crippen LogP contribution is 2.15. The van der Waals surface area contributed by atoms with Gasteiger partial charge in [0.2, 0.25) is 0 Å². The Labute approximate surface area is 146 Å². The van der Waals surface area contributed by atoms with Gasteiger partial charge in [-0.1, -0.05) is 13.3 Å². The van der Waals surface area contributed by atoms with Gasteiger partial charge in [0, 0.05) is 43.8 Å². The lowest BCUT2D eigenvalue weighted by Gasteiger charge is -2.05. The van der Waals surface area contributed by atoms with E-state index < -0.39 is 10.8 Å². The van der Waals surface area contributed by atoms with Crippen molar-refractivity contribution in [1.29, 1.82) is 5.26 Å². The van der Waals surface area contributed by atoms with Crippen LogP contribution in [0.4, 0.5) is 11.4 Å². The molecule has 0 atom stereocenters. The first-order valence-electron chi connectivity index (χ1n) is 8.05. The number of carbonyl (C=O) groups is 1. The minimum atomic E-state index is -0.581. The van der Waals surface area contributed by atoms with Crippen molar-refractivity contribution in [3.63, 3.8) is 0 Å². The van der Waals surface area contributed by atoms with E-state index in [9.17, 15) is 14.9 Å². The van der Waals surface area contributed by atoms with E-state index in [4.69, 9.17) is 10.00 Å². The zero-order chi connectivity index (χ0) is 18.5. The molecule has 134 valence electrons. The third-order valence-corrected chi connectivity index (χ3v) is 3.20. The molecule has 0 spiro atoms. The number of non-ortho nitro benzene ring substituents is 1. The average molecular weight is 346 g/mol. The van der Waals surface area contributed by atoms with Crippen LogP contribution in [0.3, 0.4) is 0 Å². The second kappa shape index (κ2) is 11.6. The molecule has 8 heteroatoms. The van der Waals surface area contributed by atoms with E-state index in [1.807, 2.05) is 6.07 Å². The lowest BCUT2D eigenvalue weighted by Crippen LogP contribution is -2.17. The van der Waals surface area contributed by atoms with Crippen LogP contribution in [0.25, 0.3) is 0 Å². The standard InChI is InChI=1S/C17H22N4O4/c1-2-3-10-25-11-4-9-19-13-14(12-18)17(22)20-15-5-7-16(8-6-15)21(23)24/h5-8,13,19H,2-4,9-11H2,1H3,(H,20,22)/b14-13-. The van der Waals surface area contributed by atoms with Crippen LogP contribution in [-0.4, -0.2) is 30.6 Å². The van der Waals surface area contributed by atoms with E-state index in [-0.39, 0.29) is 11.3 Å². The van der Waals surface area contributed by atoms with Gasteiger partial charge in [-0.25, -0.2) is 0 Å². The number of carbonyl (C=O) groups excluding carboxylic acids is 1. The summed E-state index contributed by atoms with van der Waals surface area (Å²) in [6.45, 7) is 4.05. The van der Waals surface area contributed by atoms with Gasteiger partial charge in [0.05, 0.1) is 4.92 Å². The van der Waals surface area contributed by atoms with Crippen molar-refractivity contribution in [1.82, 2.24) is 5.32 Å². The minimum absolute atomic E-state index is 0.0723. The van der Waals surface area contributed by atoms with Crippen LogP contribution in [0.5, 0.6) is 0 Å². The molecule has 1 rings (SSSR count). The molecule has 0 unspecified atom stereocenters. The Balaban J connectivity index is 2.40. The summed E-state index contributed by atoms with van der Waals surface area (Å²) in [6, 6.07) is 7.20. The number of rotatable bonds is 11. The Morgan fingerprint density at radius 2 is 2.00 bits per heavy atom. The normalized spacial score (nSPS) is 10.8. The zero-order valence-corrected chi connectivity index (χ0v) is 14.2. The smallest absolute Gasteiger partial charge is 0.269 e. The Kier molecular flexibility index (Phi) is 9.33. The maximum absolute atomic E-state index is 12.0. The summed E-state index contributed by atoms with van der Waals surface area (Å²) < 4.78 is 5.41. The number of nitro groups is 1. The molecule has 1 aromatic carbocycles. The highest BCUT2D eigenvalue weighted by Gasteiger charge is 2.10. The van der Waals surface area contributed by atoms with Gasteiger partial charge in [0.15, 0.2) is 0 Å². The third kappa shape index (κ3) is 7.94. The molecule has 1 aromatic rings. The van der Waals surface area contributed by atoms with E-state index in [2.05, 4.69) is 17.6 Å². The predicted molar refractivity (Wildman–Crippen MR) is 93.8 cm³/mol. The van der Waals surface area contributed by atoms with Crippen LogP contribution in [-0.2, 0) is 9.53 Å². The topological polar surface area (TPSA) is 117 Å². The lowest BCUT2D eigenvalue weighted by molar-refractivity contribution is -0.384. The van der Waals surface area contributed by atoms with Crippen LogP contribution in [0, 0.1) is 21.4 Å². The van der Waals surface area contributed by atoms with E-state index in [1.165, 1.54) is 30.5 Å². The number of nitro benzene ring substituents is 1. The van der Waals surface area contributed by atoms with Gasteiger partial charge in [0.25, 0.3) is 11.6 Å². The van der Waals surface area contributed by atoms with Crippen LogP contribution in [0.15, 0.2) is 36.0 Å². The summed E-state index contributed by atoms with van der Waals surface area (Å²) >= 11 is 0. The Morgan fingerprint density at radius 1 is 1.32 bits per heavy atom. The van der Waals surface area contributed by atoms with Gasteiger partial charge in [-0.2, -0.15) is 5.26 Å². The van der Waals surface area contributed by atoms with Gasteiger partial charge >= 0.3 is 0 Å². The van der Waals surface area contributed by atoms with E-state index >= 15 is 0 Å². The third-order valence-electron chi connectivity index (χ3n) is 3.20. The highest BCUT2D eigenvalue weighted by molar-refractivity contribution is 6.06. The first kappa shape index (κ1) is 20.1. The van der Waals surface area contributed by atoms with Crippen LogP contribution < -0.4 is 10.6 Å². The zero-order valence-electron chi connectivity index (χ0n) is 14.2. The molecular formula is C17H22N4O4. The Bertz CT molecular complexity index is 635. The fraction of sp³-hybridized carbons (Fsp3) is 0.412. The molecule has 0 saturated carbocycles. The SMILES string of the molecule is CCCCOCCCN/C=C(/C#N)C(=O)Nc1ccc([N+](=O)[O-])cc1. The minimum Gasteiger partial charge on any atom is -0.390 e. The molecule has 0 aromatic heterocycles. The monoisotopic (exact) mass is 346 g/mol. The second-order valence-electron chi connectivity index (χ2n) is 5.20. The Morgan fingerprint density at radius 3 is 2.60 bits per heavy atom. The van der Waals surface area contributed by atoms with Gasteiger partial charge in [0.1, 0.15) is 11.6 Å². The fourth-order valence-corrected chi connectivity index (χ4v) is 1.81. The van der Waals surface area contributed by atoms with Gasteiger partial charge in [-0.05, 0) is 25.0 Å². The lowest BCUT2D eigenvalue weighted by atomic mass is 10.2. The number of unbranched alkanes of at least 4 members (excludes halogenated alkanes) is 1. The molecule has 8 nitrogen and oxygen atoms in total.